The minimum absolute atomic E-state index is 0.257. The summed E-state index contributed by atoms with van der Waals surface area (Å²) in [5.41, 5.74) is -0.600. The van der Waals surface area contributed by atoms with Crippen molar-refractivity contribution in [2.45, 2.75) is 264 Å². The molecule has 372 valence electrons. The lowest BCUT2D eigenvalue weighted by Gasteiger charge is -2.36. The number of ether oxygens (including phenoxy) is 2. The molecule has 2 N–H and O–H groups in total. The van der Waals surface area contributed by atoms with Crippen LogP contribution in [0.1, 0.15) is 258 Å². The molecule has 0 fully saturated rings. The first-order valence-corrected chi connectivity index (χ1v) is 27.7. The first-order valence-electron chi connectivity index (χ1n) is 27.7. The molecule has 1 rings (SSSR count). The number of carboxylic acids is 1. The van der Waals surface area contributed by atoms with Crippen molar-refractivity contribution in [3.8, 4) is 0 Å². The maximum atomic E-state index is 12.4. The van der Waals surface area contributed by atoms with Gasteiger partial charge in [-0.1, -0.05) is 209 Å². The molecule has 1 aliphatic rings. The fraction of sp³-hybridized carbons (Fsp3) is 0.717. The second kappa shape index (κ2) is 47.4. The molecule has 0 spiro atoms. The lowest BCUT2D eigenvalue weighted by Crippen LogP contribution is -2.48. The molecular weight excluding hydrogens is 799 g/mol. The number of rotatable bonds is 48. The number of hydrogen-bond donors (Lipinski definition) is 2. The lowest BCUT2D eigenvalue weighted by molar-refractivity contribution is -0.132. The molecule has 5 heteroatoms. The summed E-state index contributed by atoms with van der Waals surface area (Å²) in [5, 5.41) is 13.7. The van der Waals surface area contributed by atoms with Crippen LogP contribution in [0.15, 0.2) is 96.5 Å². The number of hydrogen-bond acceptors (Lipinski definition) is 4. The average Bonchev–Trinajstić information content (AvgIpc) is 3.30. The molecule has 0 bridgehead atoms. The fourth-order valence-corrected chi connectivity index (χ4v) is 8.19. The standard InChI is InChI=1S/C60H103NO4/c1-4-7-10-13-16-19-22-25-28-31-34-37-40-43-46-49-52-60(65-54-51-48-45-42-39-36-33-30-27-24-21-18-15-12-9-6-3)56-57(59(62)63)55-58(61-60)64-53-50-47-44-41-38-35-32-29-26-23-20-17-14-11-8-5-2/h16-21,25-30,55-56,61H,4-15,22-24,31-54H2,1-3H3,(H,62,63)/b19-16-,20-17-,21-18-,28-25-,29-26-,30-27-. The molecule has 0 amide bonds. The zero-order chi connectivity index (χ0) is 46.8. The van der Waals surface area contributed by atoms with Gasteiger partial charge in [0.15, 0.2) is 11.6 Å². The predicted octanol–water partition coefficient (Wildman–Crippen LogP) is 19.0. The molecule has 1 atom stereocenters. The molecule has 5 nitrogen and oxygen atoms in total. The van der Waals surface area contributed by atoms with Crippen LogP contribution in [0.2, 0.25) is 0 Å². The zero-order valence-electron chi connectivity index (χ0n) is 42.8. The summed E-state index contributed by atoms with van der Waals surface area (Å²) >= 11 is 0. The van der Waals surface area contributed by atoms with Gasteiger partial charge in [0, 0.05) is 12.7 Å². The van der Waals surface area contributed by atoms with E-state index < -0.39 is 11.7 Å². The summed E-state index contributed by atoms with van der Waals surface area (Å²) in [6.07, 6.45) is 75.3. The van der Waals surface area contributed by atoms with Crippen LogP contribution in [0.5, 0.6) is 0 Å². The monoisotopic (exact) mass is 902 g/mol. The maximum Gasteiger partial charge on any atom is 0.335 e. The summed E-state index contributed by atoms with van der Waals surface area (Å²) in [6.45, 7) is 7.95. The quantitative estimate of drug-likeness (QED) is 0.0470. The van der Waals surface area contributed by atoms with E-state index in [1.54, 1.807) is 6.08 Å². The molecule has 1 unspecified atom stereocenters. The van der Waals surface area contributed by atoms with Gasteiger partial charge in [0.2, 0.25) is 0 Å². The van der Waals surface area contributed by atoms with Gasteiger partial charge in [-0.2, -0.15) is 0 Å². The third-order valence-corrected chi connectivity index (χ3v) is 12.3. The molecule has 0 aromatic rings. The Morgan fingerprint density at radius 1 is 0.462 bits per heavy atom. The predicted molar refractivity (Wildman–Crippen MR) is 284 cm³/mol. The van der Waals surface area contributed by atoms with E-state index in [-0.39, 0.29) is 5.57 Å². The Kier molecular flexibility index (Phi) is 43.8. The van der Waals surface area contributed by atoms with Crippen molar-refractivity contribution < 1.29 is 19.4 Å². The number of aliphatic carboxylic acids is 1. The number of nitrogens with one attached hydrogen (secondary N) is 1. The number of dihydropyridines is 1. The second-order valence-corrected chi connectivity index (χ2v) is 18.6. The summed E-state index contributed by atoms with van der Waals surface area (Å²) < 4.78 is 12.9. The Bertz CT molecular complexity index is 1320. The largest absolute Gasteiger partial charge is 0.479 e. The van der Waals surface area contributed by atoms with Gasteiger partial charge in [0.05, 0.1) is 12.2 Å². The molecule has 0 saturated heterocycles. The van der Waals surface area contributed by atoms with Crippen LogP contribution >= 0.6 is 0 Å². The third-order valence-electron chi connectivity index (χ3n) is 12.3. The minimum Gasteiger partial charge on any atom is -0.479 e. The van der Waals surface area contributed by atoms with Gasteiger partial charge in [-0.15, -0.1) is 0 Å². The van der Waals surface area contributed by atoms with Crippen molar-refractivity contribution in [1.82, 2.24) is 5.32 Å². The van der Waals surface area contributed by atoms with E-state index in [1.807, 2.05) is 6.08 Å². The Balaban J connectivity index is 2.51. The molecule has 0 aromatic carbocycles. The molecule has 1 heterocycles. The van der Waals surface area contributed by atoms with Crippen LogP contribution in [-0.2, 0) is 14.3 Å². The Morgan fingerprint density at radius 2 is 0.800 bits per heavy atom. The summed E-state index contributed by atoms with van der Waals surface area (Å²) in [7, 11) is 0. The Labute approximate surface area is 402 Å². The van der Waals surface area contributed by atoms with Gasteiger partial charge in [-0.05, 0) is 128 Å². The molecule has 0 saturated carbocycles. The molecule has 0 aliphatic carbocycles. The third kappa shape index (κ3) is 39.8. The van der Waals surface area contributed by atoms with Gasteiger partial charge in [0.1, 0.15) is 0 Å². The average molecular weight is 902 g/mol. The summed E-state index contributed by atoms with van der Waals surface area (Å²) in [4.78, 5) is 12.4. The number of carbonyl (C=O) groups is 1. The molecular formula is C60H103NO4. The van der Waals surface area contributed by atoms with Crippen LogP contribution < -0.4 is 5.32 Å². The van der Waals surface area contributed by atoms with Crippen molar-refractivity contribution in [2.24, 2.45) is 0 Å². The normalized spacial score (nSPS) is 15.7. The van der Waals surface area contributed by atoms with E-state index in [0.717, 1.165) is 70.6 Å². The highest BCUT2D eigenvalue weighted by molar-refractivity contribution is 5.90. The van der Waals surface area contributed by atoms with Crippen molar-refractivity contribution in [2.75, 3.05) is 13.2 Å². The second-order valence-electron chi connectivity index (χ2n) is 18.6. The highest BCUT2D eigenvalue weighted by Crippen LogP contribution is 2.28. The molecule has 1 aliphatic heterocycles. The molecule has 65 heavy (non-hydrogen) atoms. The van der Waals surface area contributed by atoms with Gasteiger partial charge in [-0.25, -0.2) is 4.79 Å². The van der Waals surface area contributed by atoms with Gasteiger partial charge >= 0.3 is 5.97 Å². The summed E-state index contributed by atoms with van der Waals surface area (Å²) in [6, 6.07) is 0. The first-order chi connectivity index (χ1) is 32.1. The molecule has 0 radical (unpaired) electrons. The molecule has 0 aromatic heterocycles. The van der Waals surface area contributed by atoms with Crippen molar-refractivity contribution in [3.63, 3.8) is 0 Å². The van der Waals surface area contributed by atoms with E-state index in [9.17, 15) is 9.90 Å². The van der Waals surface area contributed by atoms with Gasteiger partial charge < -0.3 is 19.9 Å². The van der Waals surface area contributed by atoms with Crippen LogP contribution in [0, 0.1) is 0 Å². The van der Waals surface area contributed by atoms with Crippen molar-refractivity contribution in [3.05, 3.63) is 96.5 Å². The minimum atomic E-state index is -0.931. The summed E-state index contributed by atoms with van der Waals surface area (Å²) in [5.74, 6) is -0.398. The van der Waals surface area contributed by atoms with Crippen LogP contribution in [0.3, 0.4) is 0 Å². The SMILES string of the molecule is CCCCC/C=C\C/C=C\CCCCCCCCOC1=CC(C(=O)O)=CC(CCCCCCCC/C=C\C/C=C\CCCCC)(OCCCCCCCC/C=C\C/C=C\CCCCC)N1. The Morgan fingerprint density at radius 3 is 1.18 bits per heavy atom. The van der Waals surface area contributed by atoms with Crippen LogP contribution in [0.4, 0.5) is 0 Å². The van der Waals surface area contributed by atoms with E-state index >= 15 is 0 Å². The van der Waals surface area contributed by atoms with Crippen molar-refractivity contribution >= 4 is 5.97 Å². The fourth-order valence-electron chi connectivity index (χ4n) is 8.19. The number of allylic oxidation sites excluding steroid dienone is 12. The van der Waals surface area contributed by atoms with Crippen molar-refractivity contribution in [1.29, 1.82) is 0 Å². The van der Waals surface area contributed by atoms with E-state index in [4.69, 9.17) is 9.47 Å². The topological polar surface area (TPSA) is 67.8 Å². The van der Waals surface area contributed by atoms with Crippen LogP contribution in [0.25, 0.3) is 0 Å². The number of carboxylic acid groups (broad SMARTS) is 1. The van der Waals surface area contributed by atoms with E-state index in [0.29, 0.717) is 19.1 Å². The van der Waals surface area contributed by atoms with E-state index in [2.05, 4.69) is 99.0 Å². The van der Waals surface area contributed by atoms with Gasteiger partial charge in [0.25, 0.3) is 0 Å². The van der Waals surface area contributed by atoms with Crippen LogP contribution in [-0.4, -0.2) is 30.0 Å². The maximum absolute atomic E-state index is 12.4. The van der Waals surface area contributed by atoms with E-state index in [1.165, 1.54) is 167 Å². The highest BCUT2D eigenvalue weighted by Gasteiger charge is 2.34. The first kappa shape index (κ1) is 60.0. The van der Waals surface area contributed by atoms with Gasteiger partial charge in [-0.3, -0.25) is 0 Å². The smallest absolute Gasteiger partial charge is 0.335 e. The Hall–Kier alpha value is -3.05. The number of unbranched alkanes of at least 4 members (excludes halogenated alkanes) is 27. The highest BCUT2D eigenvalue weighted by atomic mass is 16.5. The lowest BCUT2D eigenvalue weighted by atomic mass is 9.97. The zero-order valence-corrected chi connectivity index (χ0v) is 42.8.